The molecule has 0 saturated carbocycles. The Labute approximate surface area is 116 Å². The van der Waals surface area contributed by atoms with Crippen molar-refractivity contribution in [2.75, 3.05) is 32.0 Å². The quantitative estimate of drug-likeness (QED) is 0.708. The van der Waals surface area contributed by atoms with Crippen molar-refractivity contribution in [1.29, 1.82) is 0 Å². The van der Waals surface area contributed by atoms with E-state index >= 15 is 0 Å². The molecule has 19 heavy (non-hydrogen) atoms. The molecule has 1 aliphatic heterocycles. The van der Waals surface area contributed by atoms with Crippen molar-refractivity contribution >= 4 is 10.0 Å². The first-order valence-corrected chi connectivity index (χ1v) is 8.27. The molecule has 0 amide bonds. The van der Waals surface area contributed by atoms with E-state index in [9.17, 15) is 13.5 Å². The fourth-order valence-electron chi connectivity index (χ4n) is 2.15. The summed E-state index contributed by atoms with van der Waals surface area (Å²) >= 11 is 0. The Morgan fingerprint density at radius 2 is 2.11 bits per heavy atom. The van der Waals surface area contributed by atoms with Crippen molar-refractivity contribution in [1.82, 2.24) is 9.62 Å². The van der Waals surface area contributed by atoms with Crippen LogP contribution >= 0.6 is 0 Å². The lowest BCUT2D eigenvalue weighted by molar-refractivity contribution is -0.131. The van der Waals surface area contributed by atoms with E-state index in [0.29, 0.717) is 13.1 Å². The summed E-state index contributed by atoms with van der Waals surface area (Å²) in [5, 5.41) is 12.3. The van der Waals surface area contributed by atoms with Gasteiger partial charge in [-0.3, -0.25) is 0 Å². The van der Waals surface area contributed by atoms with Gasteiger partial charge < -0.3 is 15.2 Å². The van der Waals surface area contributed by atoms with Gasteiger partial charge in [-0.05, 0) is 13.8 Å². The van der Waals surface area contributed by atoms with Crippen LogP contribution < -0.4 is 5.32 Å². The van der Waals surface area contributed by atoms with E-state index in [0.717, 1.165) is 0 Å². The summed E-state index contributed by atoms with van der Waals surface area (Å²) < 4.78 is 31.6. The second-order valence-corrected chi connectivity index (χ2v) is 7.99. The Bertz CT molecular complexity index is 381. The Hall–Kier alpha value is -0.210. The molecule has 1 heterocycles. The molecule has 0 aromatic carbocycles. The van der Waals surface area contributed by atoms with Crippen molar-refractivity contribution in [2.45, 2.75) is 45.4 Å². The first-order chi connectivity index (χ1) is 8.66. The summed E-state index contributed by atoms with van der Waals surface area (Å²) in [5.41, 5.74) is -0.565. The molecule has 0 spiro atoms. The van der Waals surface area contributed by atoms with Crippen molar-refractivity contribution in [2.24, 2.45) is 0 Å². The third kappa shape index (κ3) is 5.35. The maximum atomic E-state index is 12.3. The largest absolute Gasteiger partial charge is 0.394 e. The van der Waals surface area contributed by atoms with E-state index in [1.165, 1.54) is 4.31 Å². The van der Waals surface area contributed by atoms with Crippen LogP contribution in [0.5, 0.6) is 0 Å². The number of morpholine rings is 1. The molecule has 0 aliphatic carbocycles. The summed E-state index contributed by atoms with van der Waals surface area (Å²) in [7, 11) is -3.31. The lowest BCUT2D eigenvalue weighted by Gasteiger charge is -2.41. The normalized spacial score (nSPS) is 24.8. The molecule has 1 fully saturated rings. The molecule has 1 aliphatic rings. The molecular weight excluding hydrogens is 268 g/mol. The maximum absolute atomic E-state index is 12.3. The Morgan fingerprint density at radius 3 is 2.63 bits per heavy atom. The summed E-state index contributed by atoms with van der Waals surface area (Å²) in [6.07, 6.45) is -0.448. The number of nitrogens with one attached hydrogen (secondary N) is 1. The fraction of sp³-hybridized carbons (Fsp3) is 1.00. The molecule has 0 aromatic rings. The highest BCUT2D eigenvalue weighted by Crippen LogP contribution is 2.23. The number of nitrogens with zero attached hydrogens (tertiary/aromatic N) is 1. The van der Waals surface area contributed by atoms with Crippen LogP contribution in [0.3, 0.4) is 0 Å². The van der Waals surface area contributed by atoms with E-state index in [2.05, 4.69) is 5.32 Å². The summed E-state index contributed by atoms with van der Waals surface area (Å²) in [4.78, 5) is 0. The molecule has 114 valence electrons. The van der Waals surface area contributed by atoms with E-state index in [1.807, 2.05) is 27.7 Å². The Morgan fingerprint density at radius 1 is 1.47 bits per heavy atom. The zero-order valence-corrected chi connectivity index (χ0v) is 13.0. The molecule has 0 aromatic heterocycles. The zero-order valence-electron chi connectivity index (χ0n) is 12.2. The van der Waals surface area contributed by atoms with E-state index in [4.69, 9.17) is 4.74 Å². The third-order valence-electron chi connectivity index (χ3n) is 2.96. The lowest BCUT2D eigenvalue weighted by atomic mass is 10.1. The van der Waals surface area contributed by atoms with Gasteiger partial charge in [0, 0.05) is 25.7 Å². The summed E-state index contributed by atoms with van der Waals surface area (Å²) in [6, 6.07) is 0.265. The van der Waals surface area contributed by atoms with Crippen LogP contribution in [-0.2, 0) is 14.8 Å². The highest BCUT2D eigenvalue weighted by molar-refractivity contribution is 7.89. The van der Waals surface area contributed by atoms with Gasteiger partial charge in [-0.25, -0.2) is 8.42 Å². The molecule has 1 rings (SSSR count). The molecule has 6 nitrogen and oxygen atoms in total. The standard InChI is InChI=1S/C12H26N2O4S/c1-10(2)13-5-6-19(16,17)14-7-11(8-15)18-12(3,4)9-14/h10-11,13,15H,5-9H2,1-4H3. The number of sulfonamides is 1. The van der Waals surface area contributed by atoms with Crippen molar-refractivity contribution < 1.29 is 18.3 Å². The molecule has 2 N–H and O–H groups in total. The van der Waals surface area contributed by atoms with Crippen LogP contribution in [0.2, 0.25) is 0 Å². The van der Waals surface area contributed by atoms with E-state index < -0.39 is 21.7 Å². The molecule has 0 bridgehead atoms. The number of ether oxygens (including phenoxy) is 1. The van der Waals surface area contributed by atoms with Crippen LogP contribution in [0.1, 0.15) is 27.7 Å². The van der Waals surface area contributed by atoms with Crippen LogP contribution in [0, 0.1) is 0 Å². The minimum Gasteiger partial charge on any atom is -0.394 e. The summed E-state index contributed by atoms with van der Waals surface area (Å²) in [5.74, 6) is 0.0689. The average molecular weight is 294 g/mol. The molecule has 7 heteroatoms. The number of aliphatic hydroxyl groups excluding tert-OH is 1. The fourth-order valence-corrected chi connectivity index (χ4v) is 3.69. The van der Waals surface area contributed by atoms with Gasteiger partial charge in [0.1, 0.15) is 0 Å². The van der Waals surface area contributed by atoms with Gasteiger partial charge in [-0.1, -0.05) is 13.8 Å². The molecule has 1 atom stereocenters. The highest BCUT2D eigenvalue weighted by atomic mass is 32.2. The van der Waals surface area contributed by atoms with E-state index in [-0.39, 0.29) is 24.9 Å². The van der Waals surface area contributed by atoms with E-state index in [1.54, 1.807) is 0 Å². The van der Waals surface area contributed by atoms with Gasteiger partial charge in [0.25, 0.3) is 0 Å². The highest BCUT2D eigenvalue weighted by Gasteiger charge is 2.38. The van der Waals surface area contributed by atoms with Gasteiger partial charge in [0.2, 0.25) is 10.0 Å². The van der Waals surface area contributed by atoms with Crippen molar-refractivity contribution in [3.63, 3.8) is 0 Å². The second-order valence-electron chi connectivity index (χ2n) is 5.90. The SMILES string of the molecule is CC(C)NCCS(=O)(=O)N1CC(CO)OC(C)(C)C1. The van der Waals surface area contributed by atoms with Crippen molar-refractivity contribution in [3.8, 4) is 0 Å². The monoisotopic (exact) mass is 294 g/mol. The van der Waals surface area contributed by atoms with Crippen LogP contribution in [0.15, 0.2) is 0 Å². The average Bonchev–Trinajstić information content (AvgIpc) is 2.25. The van der Waals surface area contributed by atoms with Gasteiger partial charge >= 0.3 is 0 Å². The van der Waals surface area contributed by atoms with Crippen LogP contribution in [-0.4, -0.2) is 67.6 Å². The molecule has 1 unspecified atom stereocenters. The zero-order chi connectivity index (χ0) is 14.7. The Kier molecular flexibility index (Phi) is 5.76. The van der Waals surface area contributed by atoms with Gasteiger partial charge in [0.15, 0.2) is 0 Å². The first-order valence-electron chi connectivity index (χ1n) is 6.66. The molecule has 1 saturated heterocycles. The maximum Gasteiger partial charge on any atom is 0.215 e. The second kappa shape index (κ2) is 6.49. The number of hydrogen-bond donors (Lipinski definition) is 2. The smallest absolute Gasteiger partial charge is 0.215 e. The van der Waals surface area contributed by atoms with Gasteiger partial charge in [0.05, 0.1) is 24.1 Å². The Balaban J connectivity index is 2.66. The lowest BCUT2D eigenvalue weighted by Crippen LogP contribution is -2.56. The van der Waals surface area contributed by atoms with Gasteiger partial charge in [-0.2, -0.15) is 4.31 Å². The topological polar surface area (TPSA) is 78.9 Å². The van der Waals surface area contributed by atoms with Gasteiger partial charge in [-0.15, -0.1) is 0 Å². The van der Waals surface area contributed by atoms with Crippen LogP contribution in [0.4, 0.5) is 0 Å². The number of hydrogen-bond acceptors (Lipinski definition) is 5. The third-order valence-corrected chi connectivity index (χ3v) is 4.74. The van der Waals surface area contributed by atoms with Crippen molar-refractivity contribution in [3.05, 3.63) is 0 Å². The minimum absolute atomic E-state index is 0.0689. The first kappa shape index (κ1) is 16.8. The molecular formula is C12H26N2O4S. The number of rotatable bonds is 6. The predicted molar refractivity (Wildman–Crippen MR) is 74.5 cm³/mol. The summed E-state index contributed by atoms with van der Waals surface area (Å²) in [6.45, 7) is 8.45. The predicted octanol–water partition coefficient (Wildman–Crippen LogP) is -0.214. The van der Waals surface area contributed by atoms with Crippen LogP contribution in [0.25, 0.3) is 0 Å². The number of aliphatic hydroxyl groups is 1. The minimum atomic E-state index is -3.31. The molecule has 0 radical (unpaired) electrons.